The SMILES string of the molecule is O=C(N/N=C\c1ccccc1F)/C(=C/c1cccs1)NC(=O)c1ccccc1Cl. The summed E-state index contributed by atoms with van der Waals surface area (Å²) in [6.45, 7) is 0. The first-order valence-corrected chi connectivity index (χ1v) is 9.69. The van der Waals surface area contributed by atoms with Crippen LogP contribution in [-0.2, 0) is 4.79 Å². The van der Waals surface area contributed by atoms with Crippen LogP contribution in [0.4, 0.5) is 4.39 Å². The highest BCUT2D eigenvalue weighted by Crippen LogP contribution is 2.16. The standard InChI is InChI=1S/C21H15ClFN3O2S/c22-17-9-3-2-8-16(17)20(27)25-19(12-15-7-5-11-29-15)21(28)26-24-13-14-6-1-4-10-18(14)23/h1-13H,(H,25,27)(H,26,28)/b19-12-,24-13-. The van der Waals surface area contributed by atoms with Gasteiger partial charge in [-0.05, 0) is 35.7 Å². The number of halogens is 2. The molecule has 8 heteroatoms. The summed E-state index contributed by atoms with van der Waals surface area (Å²) in [7, 11) is 0. The van der Waals surface area contributed by atoms with E-state index in [9.17, 15) is 14.0 Å². The molecule has 2 aromatic carbocycles. The predicted octanol–water partition coefficient (Wildman–Crippen LogP) is 4.46. The fourth-order valence-electron chi connectivity index (χ4n) is 2.31. The molecule has 3 rings (SSSR count). The number of nitrogens with one attached hydrogen (secondary N) is 2. The molecule has 0 fully saturated rings. The summed E-state index contributed by atoms with van der Waals surface area (Å²) in [5, 5.41) is 8.43. The number of benzene rings is 2. The first kappa shape index (κ1) is 20.4. The van der Waals surface area contributed by atoms with E-state index in [4.69, 9.17) is 11.6 Å². The monoisotopic (exact) mass is 427 g/mol. The van der Waals surface area contributed by atoms with E-state index < -0.39 is 17.6 Å². The number of hydrogen-bond acceptors (Lipinski definition) is 4. The van der Waals surface area contributed by atoms with Crippen LogP contribution in [0.15, 0.2) is 76.8 Å². The highest BCUT2D eigenvalue weighted by Gasteiger charge is 2.16. The molecular weight excluding hydrogens is 413 g/mol. The van der Waals surface area contributed by atoms with E-state index in [0.717, 1.165) is 4.88 Å². The van der Waals surface area contributed by atoms with E-state index in [1.807, 2.05) is 11.4 Å². The van der Waals surface area contributed by atoms with Crippen molar-refractivity contribution in [3.8, 4) is 0 Å². The first-order chi connectivity index (χ1) is 14.0. The van der Waals surface area contributed by atoms with Crippen molar-refractivity contribution in [3.05, 3.63) is 98.6 Å². The Morgan fingerprint density at radius 3 is 2.52 bits per heavy atom. The summed E-state index contributed by atoms with van der Waals surface area (Å²) in [4.78, 5) is 25.9. The van der Waals surface area contributed by atoms with Gasteiger partial charge >= 0.3 is 0 Å². The first-order valence-electron chi connectivity index (χ1n) is 8.43. The molecule has 5 nitrogen and oxygen atoms in total. The highest BCUT2D eigenvalue weighted by molar-refractivity contribution is 7.10. The molecule has 146 valence electrons. The Balaban J connectivity index is 1.78. The number of thiophene rings is 1. The van der Waals surface area contributed by atoms with Gasteiger partial charge in [0.25, 0.3) is 11.8 Å². The average Bonchev–Trinajstić information content (AvgIpc) is 3.22. The van der Waals surface area contributed by atoms with Crippen LogP contribution in [0.1, 0.15) is 20.8 Å². The smallest absolute Gasteiger partial charge is 0.287 e. The number of rotatable bonds is 6. The van der Waals surface area contributed by atoms with Crippen molar-refractivity contribution in [2.24, 2.45) is 5.10 Å². The summed E-state index contributed by atoms with van der Waals surface area (Å²) in [5.41, 5.74) is 2.72. The summed E-state index contributed by atoms with van der Waals surface area (Å²) >= 11 is 7.45. The van der Waals surface area contributed by atoms with Crippen LogP contribution < -0.4 is 10.7 Å². The third-order valence-electron chi connectivity index (χ3n) is 3.72. The van der Waals surface area contributed by atoms with Gasteiger partial charge in [-0.1, -0.05) is 48.0 Å². The fraction of sp³-hybridized carbons (Fsp3) is 0. The van der Waals surface area contributed by atoms with Crippen LogP contribution in [0.5, 0.6) is 0 Å². The number of amides is 2. The van der Waals surface area contributed by atoms with Crippen LogP contribution >= 0.6 is 22.9 Å². The Hall–Kier alpha value is -3.29. The topological polar surface area (TPSA) is 70.6 Å². The van der Waals surface area contributed by atoms with E-state index in [0.29, 0.717) is 0 Å². The Labute approximate surface area is 175 Å². The van der Waals surface area contributed by atoms with Crippen molar-refractivity contribution in [2.75, 3.05) is 0 Å². The molecule has 1 heterocycles. The van der Waals surface area contributed by atoms with Gasteiger partial charge in [-0.25, -0.2) is 9.82 Å². The number of nitrogens with zero attached hydrogens (tertiary/aromatic N) is 1. The molecule has 0 aliphatic heterocycles. The summed E-state index contributed by atoms with van der Waals surface area (Å²) in [5.74, 6) is -1.66. The molecule has 2 amide bonds. The lowest BCUT2D eigenvalue weighted by Gasteiger charge is -2.09. The van der Waals surface area contributed by atoms with E-state index in [-0.39, 0.29) is 21.8 Å². The van der Waals surface area contributed by atoms with Gasteiger partial charge in [0.2, 0.25) is 0 Å². The maximum Gasteiger partial charge on any atom is 0.287 e. The fourth-order valence-corrected chi connectivity index (χ4v) is 3.19. The summed E-state index contributed by atoms with van der Waals surface area (Å²) < 4.78 is 13.6. The lowest BCUT2D eigenvalue weighted by Crippen LogP contribution is -2.33. The van der Waals surface area contributed by atoms with Crippen LogP contribution in [0, 0.1) is 5.82 Å². The molecule has 0 unspecified atom stereocenters. The quantitative estimate of drug-likeness (QED) is 0.346. The van der Waals surface area contributed by atoms with Crippen molar-refractivity contribution < 1.29 is 14.0 Å². The molecule has 0 saturated heterocycles. The number of hydrazone groups is 1. The van der Waals surface area contributed by atoms with Crippen molar-refractivity contribution in [2.45, 2.75) is 0 Å². The molecule has 29 heavy (non-hydrogen) atoms. The molecule has 0 bridgehead atoms. The van der Waals surface area contributed by atoms with Crippen molar-refractivity contribution in [1.29, 1.82) is 0 Å². The highest BCUT2D eigenvalue weighted by atomic mass is 35.5. The Morgan fingerprint density at radius 2 is 1.79 bits per heavy atom. The molecular formula is C21H15ClFN3O2S. The summed E-state index contributed by atoms with van der Waals surface area (Å²) in [6.07, 6.45) is 2.71. The van der Waals surface area contributed by atoms with Crippen LogP contribution in [0.25, 0.3) is 6.08 Å². The lowest BCUT2D eigenvalue weighted by atomic mass is 10.2. The van der Waals surface area contributed by atoms with E-state index in [2.05, 4.69) is 15.8 Å². The van der Waals surface area contributed by atoms with E-state index in [1.165, 1.54) is 35.8 Å². The van der Waals surface area contributed by atoms with Gasteiger partial charge in [0.15, 0.2) is 0 Å². The minimum Gasteiger partial charge on any atom is -0.317 e. The maximum absolute atomic E-state index is 13.6. The molecule has 0 aliphatic carbocycles. The van der Waals surface area contributed by atoms with E-state index >= 15 is 0 Å². The lowest BCUT2D eigenvalue weighted by molar-refractivity contribution is -0.117. The number of carbonyl (C=O) groups excluding carboxylic acids is 2. The normalized spacial score (nSPS) is 11.4. The van der Waals surface area contributed by atoms with Gasteiger partial charge in [0.1, 0.15) is 11.5 Å². The Morgan fingerprint density at radius 1 is 1.03 bits per heavy atom. The molecule has 0 radical (unpaired) electrons. The predicted molar refractivity (Wildman–Crippen MR) is 113 cm³/mol. The molecule has 0 atom stereocenters. The third-order valence-corrected chi connectivity index (χ3v) is 4.86. The minimum absolute atomic E-state index is 0.0250. The zero-order chi connectivity index (χ0) is 20.6. The Kier molecular flexibility index (Phi) is 6.89. The number of carbonyl (C=O) groups is 2. The Bertz CT molecular complexity index is 1080. The zero-order valence-electron chi connectivity index (χ0n) is 14.9. The van der Waals surface area contributed by atoms with Gasteiger partial charge in [-0.3, -0.25) is 9.59 Å². The van der Waals surface area contributed by atoms with Crippen LogP contribution in [0.3, 0.4) is 0 Å². The average molecular weight is 428 g/mol. The molecule has 0 aliphatic rings. The molecule has 1 aromatic heterocycles. The molecule has 2 N–H and O–H groups in total. The van der Waals surface area contributed by atoms with Crippen LogP contribution in [-0.4, -0.2) is 18.0 Å². The van der Waals surface area contributed by atoms with Gasteiger partial charge < -0.3 is 5.32 Å². The van der Waals surface area contributed by atoms with Crippen LogP contribution in [0.2, 0.25) is 5.02 Å². The minimum atomic E-state index is -0.661. The second-order valence-corrected chi connectivity index (χ2v) is 7.11. The maximum atomic E-state index is 13.6. The van der Waals surface area contributed by atoms with Gasteiger partial charge in [0.05, 0.1) is 16.8 Å². The second kappa shape index (κ2) is 9.77. The number of hydrogen-bond donors (Lipinski definition) is 2. The van der Waals surface area contributed by atoms with E-state index in [1.54, 1.807) is 42.5 Å². The van der Waals surface area contributed by atoms with Crippen molar-refractivity contribution in [3.63, 3.8) is 0 Å². The van der Waals surface area contributed by atoms with Crippen molar-refractivity contribution in [1.82, 2.24) is 10.7 Å². The third kappa shape index (κ3) is 5.60. The van der Waals surface area contributed by atoms with Gasteiger partial charge in [-0.2, -0.15) is 5.10 Å². The zero-order valence-corrected chi connectivity index (χ0v) is 16.5. The summed E-state index contributed by atoms with van der Waals surface area (Å²) in [6, 6.07) is 16.1. The van der Waals surface area contributed by atoms with Crippen molar-refractivity contribution >= 4 is 47.0 Å². The van der Waals surface area contributed by atoms with Gasteiger partial charge in [-0.15, -0.1) is 11.3 Å². The van der Waals surface area contributed by atoms with Gasteiger partial charge in [0, 0.05) is 10.4 Å². The molecule has 0 spiro atoms. The second-order valence-electron chi connectivity index (χ2n) is 5.73. The molecule has 0 saturated carbocycles. The largest absolute Gasteiger partial charge is 0.317 e. The molecule has 3 aromatic rings.